The summed E-state index contributed by atoms with van der Waals surface area (Å²) < 4.78 is 5.13. The third-order valence-electron chi connectivity index (χ3n) is 5.52. The molecule has 0 aromatic heterocycles. The number of fused-ring (bicyclic) bond motifs is 1. The Kier molecular flexibility index (Phi) is 8.67. The lowest BCUT2D eigenvalue weighted by atomic mass is 9.97. The van der Waals surface area contributed by atoms with Crippen molar-refractivity contribution in [3.63, 3.8) is 0 Å². The van der Waals surface area contributed by atoms with Crippen LogP contribution in [0.15, 0.2) is 0 Å². The maximum absolute atomic E-state index is 13.1. The Bertz CT molecular complexity index is 683. The van der Waals surface area contributed by atoms with Crippen LogP contribution in [0.3, 0.4) is 0 Å². The van der Waals surface area contributed by atoms with Crippen molar-refractivity contribution in [2.24, 2.45) is 5.92 Å². The van der Waals surface area contributed by atoms with Crippen molar-refractivity contribution in [2.45, 2.75) is 52.2 Å². The summed E-state index contributed by atoms with van der Waals surface area (Å²) in [6.45, 7) is 9.30. The van der Waals surface area contributed by atoms with Gasteiger partial charge in [-0.1, -0.05) is 13.8 Å². The molecule has 2 atom stereocenters. The van der Waals surface area contributed by atoms with E-state index in [4.69, 9.17) is 4.74 Å². The normalized spacial score (nSPS) is 21.2. The Balaban J connectivity index is 2.07. The van der Waals surface area contributed by atoms with E-state index < -0.39 is 6.04 Å². The number of nitrogens with one attached hydrogen (secondary N) is 1. The molecule has 0 spiro atoms. The van der Waals surface area contributed by atoms with Crippen LogP contribution < -0.4 is 5.32 Å². The largest absolute Gasteiger partial charge is 0.383 e. The molecule has 0 aromatic carbocycles. The molecule has 176 valence electrons. The number of rotatable bonds is 10. The van der Waals surface area contributed by atoms with E-state index in [0.717, 1.165) is 0 Å². The lowest BCUT2D eigenvalue weighted by Crippen LogP contribution is -2.61. The van der Waals surface area contributed by atoms with Crippen LogP contribution in [0.1, 0.15) is 34.1 Å². The number of ether oxygens (including phenoxy) is 1. The van der Waals surface area contributed by atoms with E-state index in [9.17, 15) is 19.2 Å². The molecule has 0 saturated carbocycles. The fourth-order valence-electron chi connectivity index (χ4n) is 4.10. The number of hydrogen-bond donors (Lipinski definition) is 1. The summed E-state index contributed by atoms with van der Waals surface area (Å²) in [7, 11) is 3.14. The third-order valence-corrected chi connectivity index (χ3v) is 5.52. The van der Waals surface area contributed by atoms with Crippen LogP contribution in [-0.2, 0) is 19.1 Å². The summed E-state index contributed by atoms with van der Waals surface area (Å²) >= 11 is 0. The molecule has 31 heavy (non-hydrogen) atoms. The Morgan fingerprint density at radius 2 is 1.81 bits per heavy atom. The lowest BCUT2D eigenvalue weighted by Gasteiger charge is -2.42. The molecule has 0 unspecified atom stereocenters. The topological polar surface area (TPSA) is 102 Å². The van der Waals surface area contributed by atoms with Gasteiger partial charge in [0, 0.05) is 39.8 Å². The van der Waals surface area contributed by atoms with E-state index in [1.165, 1.54) is 9.80 Å². The average Bonchev–Trinajstić information content (AvgIpc) is 2.96. The second-order valence-electron chi connectivity index (χ2n) is 9.12. The minimum Gasteiger partial charge on any atom is -0.383 e. The summed E-state index contributed by atoms with van der Waals surface area (Å²) in [6.07, 6.45) is 0.571. The van der Waals surface area contributed by atoms with Crippen LogP contribution in [0, 0.1) is 5.92 Å². The number of piperazine rings is 1. The van der Waals surface area contributed by atoms with Crippen molar-refractivity contribution in [3.8, 4) is 0 Å². The monoisotopic (exact) mass is 439 g/mol. The van der Waals surface area contributed by atoms with E-state index in [1.807, 2.05) is 27.7 Å². The van der Waals surface area contributed by atoms with Gasteiger partial charge in [0.25, 0.3) is 0 Å². The van der Waals surface area contributed by atoms with E-state index >= 15 is 0 Å². The number of amides is 5. The average molecular weight is 440 g/mol. The first-order valence-corrected chi connectivity index (χ1v) is 10.9. The maximum atomic E-state index is 13.1. The fraction of sp³-hybridized carbons (Fsp3) is 0.810. The van der Waals surface area contributed by atoms with E-state index in [2.05, 4.69) is 5.32 Å². The number of methoxy groups -OCH3 is 1. The highest BCUT2D eigenvalue weighted by Crippen LogP contribution is 2.29. The Morgan fingerprint density at radius 1 is 1.16 bits per heavy atom. The van der Waals surface area contributed by atoms with Crippen LogP contribution in [0.25, 0.3) is 0 Å². The molecule has 2 saturated heterocycles. The van der Waals surface area contributed by atoms with Gasteiger partial charge in [0.15, 0.2) is 0 Å². The number of nitrogens with zero attached hydrogens (tertiary/aromatic N) is 4. The van der Waals surface area contributed by atoms with Crippen molar-refractivity contribution < 1.29 is 23.9 Å². The fourth-order valence-corrected chi connectivity index (χ4v) is 4.10. The molecular weight excluding hydrogens is 402 g/mol. The van der Waals surface area contributed by atoms with Gasteiger partial charge in [-0.05, 0) is 26.2 Å². The van der Waals surface area contributed by atoms with E-state index in [0.29, 0.717) is 32.7 Å². The summed E-state index contributed by atoms with van der Waals surface area (Å²) in [6, 6.07) is -0.988. The zero-order chi connectivity index (χ0) is 23.3. The number of carbonyl (C=O) groups excluding carboxylic acids is 4. The highest BCUT2D eigenvalue weighted by molar-refractivity contribution is 5.92. The molecule has 2 aliphatic heterocycles. The third kappa shape index (κ3) is 6.32. The predicted octanol–water partition coefficient (Wildman–Crippen LogP) is -0.0211. The van der Waals surface area contributed by atoms with Crippen molar-refractivity contribution >= 4 is 23.8 Å². The molecule has 2 fully saturated rings. The first-order valence-electron chi connectivity index (χ1n) is 10.9. The Hall–Kier alpha value is -2.36. The Labute approximate surface area is 184 Å². The molecular formula is C21H37N5O5. The molecule has 0 radical (unpaired) electrons. The van der Waals surface area contributed by atoms with Gasteiger partial charge < -0.3 is 29.7 Å². The predicted molar refractivity (Wildman–Crippen MR) is 115 cm³/mol. The molecule has 2 aliphatic rings. The molecule has 2 rings (SSSR count). The summed E-state index contributed by atoms with van der Waals surface area (Å²) in [5.41, 5.74) is 0. The van der Waals surface area contributed by atoms with Crippen LogP contribution in [0.4, 0.5) is 4.79 Å². The molecule has 0 bridgehead atoms. The van der Waals surface area contributed by atoms with E-state index in [1.54, 1.807) is 24.0 Å². The SMILES string of the molecule is COCCN1C[C@H]2CN(CC(=O)N(C)CC(=O)NC(C)C)C(=O)N2[C@@H](CC(C)C)C1=O. The molecule has 2 heterocycles. The van der Waals surface area contributed by atoms with Gasteiger partial charge >= 0.3 is 6.03 Å². The zero-order valence-corrected chi connectivity index (χ0v) is 19.6. The minimum atomic E-state index is -0.530. The Morgan fingerprint density at radius 3 is 2.39 bits per heavy atom. The van der Waals surface area contributed by atoms with Gasteiger partial charge in [-0.15, -0.1) is 0 Å². The van der Waals surface area contributed by atoms with Gasteiger partial charge in [-0.2, -0.15) is 0 Å². The summed E-state index contributed by atoms with van der Waals surface area (Å²) in [4.78, 5) is 57.0. The van der Waals surface area contributed by atoms with Gasteiger partial charge in [-0.25, -0.2) is 4.79 Å². The van der Waals surface area contributed by atoms with E-state index in [-0.39, 0.29) is 54.8 Å². The van der Waals surface area contributed by atoms with Crippen LogP contribution >= 0.6 is 0 Å². The molecule has 0 aliphatic carbocycles. The quantitative estimate of drug-likeness (QED) is 0.515. The zero-order valence-electron chi connectivity index (χ0n) is 19.6. The van der Waals surface area contributed by atoms with Gasteiger partial charge in [-0.3, -0.25) is 14.4 Å². The van der Waals surface area contributed by atoms with Gasteiger partial charge in [0.05, 0.1) is 19.2 Å². The highest BCUT2D eigenvalue weighted by Gasteiger charge is 2.49. The maximum Gasteiger partial charge on any atom is 0.321 e. The first kappa shape index (κ1) is 24.9. The summed E-state index contributed by atoms with van der Waals surface area (Å²) in [5, 5.41) is 2.75. The van der Waals surface area contributed by atoms with Crippen LogP contribution in [0.5, 0.6) is 0 Å². The molecule has 1 N–H and O–H groups in total. The van der Waals surface area contributed by atoms with Crippen molar-refractivity contribution in [1.29, 1.82) is 0 Å². The second-order valence-corrected chi connectivity index (χ2v) is 9.12. The number of carbonyl (C=O) groups is 4. The van der Waals surface area contributed by atoms with Gasteiger partial charge in [0.2, 0.25) is 17.7 Å². The molecule has 0 aromatic rings. The van der Waals surface area contributed by atoms with Crippen molar-refractivity contribution in [2.75, 3.05) is 53.5 Å². The van der Waals surface area contributed by atoms with Crippen LogP contribution in [-0.4, -0.2) is 115 Å². The van der Waals surface area contributed by atoms with Crippen molar-refractivity contribution in [1.82, 2.24) is 24.9 Å². The number of urea groups is 1. The second kappa shape index (κ2) is 10.8. The lowest BCUT2D eigenvalue weighted by molar-refractivity contribution is -0.143. The molecule has 10 nitrogen and oxygen atoms in total. The molecule has 5 amide bonds. The standard InChI is InChI=1S/C21H37N5O5/c1-14(2)9-17-20(29)24(7-8-31-6)10-16-11-25(21(30)26(16)17)13-19(28)23(5)12-18(27)22-15(3)4/h14-17H,7-13H2,1-6H3,(H,22,27)/t16-,17-/m0/s1. The first-order chi connectivity index (χ1) is 14.5. The number of likely N-dealkylation sites (N-methyl/N-ethyl adjacent to an activating group) is 1. The number of hydrogen-bond acceptors (Lipinski definition) is 5. The molecule has 10 heteroatoms. The minimum absolute atomic E-state index is 0.0106. The van der Waals surface area contributed by atoms with Gasteiger partial charge in [0.1, 0.15) is 12.6 Å². The smallest absolute Gasteiger partial charge is 0.321 e. The highest BCUT2D eigenvalue weighted by atomic mass is 16.5. The van der Waals surface area contributed by atoms with Crippen LogP contribution in [0.2, 0.25) is 0 Å². The van der Waals surface area contributed by atoms with Crippen molar-refractivity contribution in [3.05, 3.63) is 0 Å². The summed E-state index contributed by atoms with van der Waals surface area (Å²) in [5.74, 6) is -0.375.